The summed E-state index contributed by atoms with van der Waals surface area (Å²) < 4.78 is 0. The molecule has 1 heterocycles. The number of rotatable bonds is 9. The third kappa shape index (κ3) is 4.94. The first-order valence-electron chi connectivity index (χ1n) is 10.4. The number of benzene rings is 2. The lowest BCUT2D eigenvalue weighted by molar-refractivity contribution is -0.133. The molecule has 3 rings (SSSR count). The highest BCUT2D eigenvalue weighted by atomic mass is 16.2. The normalized spacial score (nSPS) is 18.9. The Kier molecular flexibility index (Phi) is 6.52. The van der Waals surface area contributed by atoms with E-state index in [1.165, 1.54) is 6.42 Å². The zero-order valence-electron chi connectivity index (χ0n) is 17.2. The van der Waals surface area contributed by atoms with Crippen LogP contribution in [0.15, 0.2) is 42.5 Å². The molecule has 6 heteroatoms. The van der Waals surface area contributed by atoms with E-state index >= 15 is 0 Å². The first-order chi connectivity index (χ1) is 13.9. The van der Waals surface area contributed by atoms with E-state index in [4.69, 9.17) is 0 Å². The Labute approximate surface area is 171 Å². The lowest BCUT2D eigenvalue weighted by Gasteiger charge is -2.21. The van der Waals surface area contributed by atoms with Crippen LogP contribution in [0.25, 0.3) is 10.8 Å². The van der Waals surface area contributed by atoms with Gasteiger partial charge in [0.25, 0.3) is 5.91 Å². The molecule has 2 aromatic carbocycles. The fourth-order valence-electron chi connectivity index (χ4n) is 3.75. The van der Waals surface area contributed by atoms with Crippen molar-refractivity contribution in [3.63, 3.8) is 0 Å². The molecule has 1 aliphatic heterocycles. The Morgan fingerprint density at radius 3 is 2.52 bits per heavy atom. The number of carbonyl (C=O) groups is 3. The van der Waals surface area contributed by atoms with Gasteiger partial charge >= 0.3 is 6.03 Å². The molecule has 0 aliphatic carbocycles. The molecule has 0 saturated carbocycles. The molecule has 0 spiro atoms. The molecule has 0 radical (unpaired) electrons. The maximum Gasteiger partial charge on any atom is 0.325 e. The maximum absolute atomic E-state index is 12.8. The average Bonchev–Trinajstić information content (AvgIpc) is 2.91. The van der Waals surface area contributed by atoms with Crippen LogP contribution in [0.3, 0.4) is 0 Å². The molecule has 0 aromatic heterocycles. The van der Waals surface area contributed by atoms with Crippen molar-refractivity contribution in [3.05, 3.63) is 42.5 Å². The highest BCUT2D eigenvalue weighted by molar-refractivity contribution is 6.10. The molecule has 6 nitrogen and oxygen atoms in total. The van der Waals surface area contributed by atoms with Gasteiger partial charge in [0.1, 0.15) is 12.1 Å². The molecule has 29 heavy (non-hydrogen) atoms. The second-order valence-electron chi connectivity index (χ2n) is 7.93. The maximum atomic E-state index is 12.8. The monoisotopic (exact) mass is 395 g/mol. The minimum Gasteiger partial charge on any atom is -0.325 e. The number of nitrogens with zero attached hydrogens (tertiary/aromatic N) is 1. The van der Waals surface area contributed by atoms with Gasteiger partial charge < -0.3 is 10.6 Å². The van der Waals surface area contributed by atoms with Gasteiger partial charge in [-0.1, -0.05) is 69.4 Å². The van der Waals surface area contributed by atoms with Crippen LogP contribution < -0.4 is 10.6 Å². The SMILES string of the molecule is CCCCCCC[C@@]1(C)NC(=O)N(CC(=O)Nc2ccc3ccccc3c2)C1=O. The number of nitrogens with one attached hydrogen (secondary N) is 2. The molecule has 4 amide bonds. The van der Waals surface area contributed by atoms with Gasteiger partial charge in [0.05, 0.1) is 0 Å². The standard InChI is InChI=1S/C23H29N3O3/c1-3-4-5-6-9-14-23(2)21(28)26(22(29)25-23)16-20(27)24-19-13-12-17-10-7-8-11-18(17)15-19/h7-8,10-13,15H,3-6,9,14,16H2,1-2H3,(H,24,27)(H,25,29)/t23-/m1/s1. The molecular weight excluding hydrogens is 366 g/mol. The second kappa shape index (κ2) is 9.07. The van der Waals surface area contributed by atoms with Crippen LogP contribution in [-0.2, 0) is 9.59 Å². The van der Waals surface area contributed by atoms with E-state index in [9.17, 15) is 14.4 Å². The summed E-state index contributed by atoms with van der Waals surface area (Å²) in [6, 6.07) is 13.0. The first kappa shape index (κ1) is 20.8. The van der Waals surface area contributed by atoms with E-state index in [1.807, 2.05) is 42.5 Å². The first-order valence-corrected chi connectivity index (χ1v) is 10.4. The highest BCUT2D eigenvalue weighted by Crippen LogP contribution is 2.24. The third-order valence-electron chi connectivity index (χ3n) is 5.46. The Bertz CT molecular complexity index is 911. The Morgan fingerprint density at radius 1 is 1.03 bits per heavy atom. The summed E-state index contributed by atoms with van der Waals surface area (Å²) in [7, 11) is 0. The van der Waals surface area contributed by atoms with E-state index in [0.29, 0.717) is 12.1 Å². The number of fused-ring (bicyclic) bond motifs is 1. The molecule has 1 fully saturated rings. The van der Waals surface area contributed by atoms with Crippen molar-refractivity contribution < 1.29 is 14.4 Å². The van der Waals surface area contributed by atoms with Crippen molar-refractivity contribution in [1.82, 2.24) is 10.2 Å². The van der Waals surface area contributed by atoms with Crippen LogP contribution in [0.4, 0.5) is 10.5 Å². The fraction of sp³-hybridized carbons (Fsp3) is 0.435. The lowest BCUT2D eigenvalue weighted by atomic mass is 9.94. The Balaban J connectivity index is 1.57. The third-order valence-corrected chi connectivity index (χ3v) is 5.46. The van der Waals surface area contributed by atoms with E-state index in [1.54, 1.807) is 6.92 Å². The summed E-state index contributed by atoms with van der Waals surface area (Å²) in [5.41, 5.74) is -0.286. The highest BCUT2D eigenvalue weighted by Gasteiger charge is 2.47. The number of urea groups is 1. The Morgan fingerprint density at radius 2 is 1.76 bits per heavy atom. The largest absolute Gasteiger partial charge is 0.325 e. The van der Waals surface area contributed by atoms with Gasteiger partial charge in [-0.05, 0) is 36.2 Å². The van der Waals surface area contributed by atoms with Crippen molar-refractivity contribution in [2.24, 2.45) is 0 Å². The summed E-state index contributed by atoms with van der Waals surface area (Å²) in [6.45, 7) is 3.61. The molecule has 1 atom stereocenters. The van der Waals surface area contributed by atoms with Gasteiger partial charge in [-0.2, -0.15) is 0 Å². The predicted octanol–water partition coefficient (Wildman–Crippen LogP) is 4.45. The number of unbranched alkanes of at least 4 members (excludes halogenated alkanes) is 4. The zero-order valence-corrected chi connectivity index (χ0v) is 17.2. The summed E-state index contributed by atoms with van der Waals surface area (Å²) in [4.78, 5) is 38.6. The van der Waals surface area contributed by atoms with Gasteiger partial charge in [0, 0.05) is 5.69 Å². The lowest BCUT2D eigenvalue weighted by Crippen LogP contribution is -2.44. The van der Waals surface area contributed by atoms with Gasteiger partial charge in [-0.3, -0.25) is 14.5 Å². The van der Waals surface area contributed by atoms with Crippen molar-refractivity contribution in [2.45, 2.75) is 57.9 Å². The van der Waals surface area contributed by atoms with Crippen molar-refractivity contribution >= 4 is 34.3 Å². The van der Waals surface area contributed by atoms with Crippen LogP contribution >= 0.6 is 0 Å². The Hall–Kier alpha value is -2.89. The van der Waals surface area contributed by atoms with Crippen LogP contribution in [-0.4, -0.2) is 34.8 Å². The summed E-state index contributed by atoms with van der Waals surface area (Å²) in [5.74, 6) is -0.720. The molecule has 1 aliphatic rings. The van der Waals surface area contributed by atoms with Crippen molar-refractivity contribution in [1.29, 1.82) is 0 Å². The summed E-state index contributed by atoms with van der Waals surface area (Å²) in [6.07, 6.45) is 5.97. The zero-order chi connectivity index (χ0) is 20.9. The molecule has 2 aromatic rings. The van der Waals surface area contributed by atoms with E-state index in [-0.39, 0.29) is 12.5 Å². The topological polar surface area (TPSA) is 78.5 Å². The molecule has 0 unspecified atom stereocenters. The second-order valence-corrected chi connectivity index (χ2v) is 7.93. The van der Waals surface area contributed by atoms with Crippen molar-refractivity contribution in [3.8, 4) is 0 Å². The summed E-state index contributed by atoms with van der Waals surface area (Å²) >= 11 is 0. The number of carbonyl (C=O) groups excluding carboxylic acids is 3. The van der Waals surface area contributed by atoms with Gasteiger partial charge in [-0.25, -0.2) is 4.79 Å². The van der Waals surface area contributed by atoms with Crippen LogP contribution in [0.1, 0.15) is 52.4 Å². The average molecular weight is 396 g/mol. The molecule has 154 valence electrons. The smallest absolute Gasteiger partial charge is 0.325 e. The molecule has 0 bridgehead atoms. The quantitative estimate of drug-likeness (QED) is 0.486. The van der Waals surface area contributed by atoms with Gasteiger partial charge in [0.2, 0.25) is 5.91 Å². The predicted molar refractivity (Wildman–Crippen MR) is 115 cm³/mol. The summed E-state index contributed by atoms with van der Waals surface area (Å²) in [5, 5.41) is 7.64. The molecule has 1 saturated heterocycles. The molecule has 2 N–H and O–H groups in total. The van der Waals surface area contributed by atoms with E-state index < -0.39 is 17.5 Å². The van der Waals surface area contributed by atoms with Crippen molar-refractivity contribution in [2.75, 3.05) is 11.9 Å². The van der Waals surface area contributed by atoms with E-state index in [0.717, 1.165) is 41.4 Å². The molecular formula is C23H29N3O3. The van der Waals surface area contributed by atoms with Gasteiger partial charge in [0.15, 0.2) is 0 Å². The number of imide groups is 1. The number of amides is 4. The minimum absolute atomic E-state index is 0.289. The number of hydrogen-bond acceptors (Lipinski definition) is 3. The van der Waals surface area contributed by atoms with Gasteiger partial charge in [-0.15, -0.1) is 0 Å². The van der Waals surface area contributed by atoms with E-state index in [2.05, 4.69) is 17.6 Å². The van der Waals surface area contributed by atoms with Crippen LogP contribution in [0.5, 0.6) is 0 Å². The fourth-order valence-corrected chi connectivity index (χ4v) is 3.75. The number of hydrogen-bond donors (Lipinski definition) is 2. The van der Waals surface area contributed by atoms with Crippen LogP contribution in [0, 0.1) is 0 Å². The van der Waals surface area contributed by atoms with Crippen LogP contribution in [0.2, 0.25) is 0 Å². The minimum atomic E-state index is -0.924. The number of anilines is 1.